The van der Waals surface area contributed by atoms with Gasteiger partial charge in [-0.25, -0.2) is 28.7 Å². The van der Waals surface area contributed by atoms with Crippen molar-refractivity contribution in [2.75, 3.05) is 11.1 Å². The zero-order chi connectivity index (χ0) is 25.9. The molecule has 9 nitrogen and oxygen atoms in total. The number of halogens is 2. The lowest BCUT2D eigenvalue weighted by Gasteiger charge is -2.21. The Morgan fingerprint density at radius 2 is 1.89 bits per heavy atom. The van der Waals surface area contributed by atoms with Gasteiger partial charge in [0.1, 0.15) is 52.1 Å². The van der Waals surface area contributed by atoms with E-state index in [1.165, 1.54) is 71.9 Å². The van der Waals surface area contributed by atoms with Crippen molar-refractivity contribution >= 4 is 22.5 Å². The summed E-state index contributed by atoms with van der Waals surface area (Å²) in [5.41, 5.74) is 6.46. The second-order valence-electron chi connectivity index (χ2n) is 7.91. The van der Waals surface area contributed by atoms with Gasteiger partial charge in [-0.15, -0.1) is 0 Å². The predicted molar refractivity (Wildman–Crippen MR) is 134 cm³/mol. The minimum atomic E-state index is -0.725. The number of hydrogen-bond donors (Lipinski definition) is 2. The van der Waals surface area contributed by atoms with E-state index in [1.54, 1.807) is 6.92 Å². The van der Waals surface area contributed by atoms with Crippen LogP contribution >= 0.6 is 0 Å². The third-order valence-electron chi connectivity index (χ3n) is 5.43. The van der Waals surface area contributed by atoms with Crippen molar-refractivity contribution in [2.45, 2.75) is 13.0 Å². The Hall–Kier alpha value is -5.24. The van der Waals surface area contributed by atoms with Crippen LogP contribution in [0.2, 0.25) is 0 Å². The Morgan fingerprint density at radius 1 is 1.05 bits per heavy atom. The van der Waals surface area contributed by atoms with Crippen LogP contribution in [0.1, 0.15) is 30.0 Å². The van der Waals surface area contributed by atoms with Gasteiger partial charge < -0.3 is 11.1 Å². The summed E-state index contributed by atoms with van der Waals surface area (Å²) in [5.74, 6) is 5.07. The first-order chi connectivity index (χ1) is 17.9. The summed E-state index contributed by atoms with van der Waals surface area (Å²) in [5, 5.41) is 2.95. The van der Waals surface area contributed by atoms with Crippen molar-refractivity contribution in [1.82, 2.24) is 29.5 Å². The first-order valence-corrected chi connectivity index (χ1v) is 11.0. The fourth-order valence-corrected chi connectivity index (χ4v) is 3.75. The lowest BCUT2D eigenvalue weighted by molar-refractivity contribution is 0.623. The van der Waals surface area contributed by atoms with Gasteiger partial charge in [0.15, 0.2) is 0 Å². The summed E-state index contributed by atoms with van der Waals surface area (Å²) in [6, 6.07) is 8.90. The van der Waals surface area contributed by atoms with E-state index >= 15 is 0 Å². The first kappa shape index (κ1) is 23.5. The maximum Gasteiger partial charge on any atom is 0.269 e. The van der Waals surface area contributed by atoms with Gasteiger partial charge in [-0.05, 0) is 43.2 Å². The fourth-order valence-electron chi connectivity index (χ4n) is 3.75. The van der Waals surface area contributed by atoms with Crippen LogP contribution in [-0.2, 0) is 0 Å². The molecule has 0 radical (unpaired) electrons. The van der Waals surface area contributed by atoms with Crippen LogP contribution in [0.25, 0.3) is 16.6 Å². The third-order valence-corrected chi connectivity index (χ3v) is 5.43. The molecule has 0 fully saturated rings. The van der Waals surface area contributed by atoms with E-state index in [9.17, 15) is 13.6 Å². The van der Waals surface area contributed by atoms with Crippen molar-refractivity contribution in [3.05, 3.63) is 106 Å². The molecule has 3 aromatic heterocycles. The molecule has 11 heteroatoms. The van der Waals surface area contributed by atoms with Gasteiger partial charge in [0.2, 0.25) is 0 Å². The van der Waals surface area contributed by atoms with Crippen LogP contribution in [0.4, 0.5) is 20.4 Å². The van der Waals surface area contributed by atoms with Gasteiger partial charge >= 0.3 is 0 Å². The molecule has 2 aromatic carbocycles. The molecule has 0 aliphatic rings. The molecule has 0 aliphatic carbocycles. The molecule has 0 saturated heterocycles. The Kier molecular flexibility index (Phi) is 6.22. The number of anilines is 2. The number of nitrogens with two attached hydrogens (primary N) is 1. The quantitative estimate of drug-likeness (QED) is 0.363. The summed E-state index contributed by atoms with van der Waals surface area (Å²) in [7, 11) is 0. The van der Waals surface area contributed by atoms with Crippen LogP contribution in [0.3, 0.4) is 0 Å². The van der Waals surface area contributed by atoms with Gasteiger partial charge in [-0.2, -0.15) is 0 Å². The Balaban J connectivity index is 1.64. The average Bonchev–Trinajstić information content (AvgIpc) is 2.88. The number of aromatic nitrogens is 6. The number of rotatable bonds is 4. The monoisotopic (exact) mass is 496 g/mol. The lowest BCUT2D eigenvalue weighted by atomic mass is 10.2. The number of nitrogens with one attached hydrogen (secondary N) is 1. The molecule has 0 saturated carbocycles. The summed E-state index contributed by atoms with van der Waals surface area (Å²) < 4.78 is 29.9. The van der Waals surface area contributed by atoms with Crippen LogP contribution in [0.5, 0.6) is 0 Å². The van der Waals surface area contributed by atoms with E-state index < -0.39 is 23.2 Å². The molecule has 1 unspecified atom stereocenters. The van der Waals surface area contributed by atoms with Crippen LogP contribution in [0, 0.1) is 23.5 Å². The highest BCUT2D eigenvalue weighted by molar-refractivity contribution is 5.79. The van der Waals surface area contributed by atoms with Crippen molar-refractivity contribution < 1.29 is 8.78 Å². The van der Waals surface area contributed by atoms with Gasteiger partial charge in [0.25, 0.3) is 5.56 Å². The molecule has 3 heterocycles. The van der Waals surface area contributed by atoms with Gasteiger partial charge in [-0.3, -0.25) is 14.3 Å². The standard InChI is InChI=1S/C26H18F2N8O/c1-15(34-24-19(23(29)32-14-33-24)9-8-17-13-30-10-11-31-17)25-35-21-7-3-6-20(28)22(21)26(37)36(25)18-5-2-4-16(27)12-18/h2-7,10-15H,1H3,(H3,29,32,33,34). The van der Waals surface area contributed by atoms with E-state index in [1.807, 2.05) is 0 Å². The molecular formula is C26H18F2N8O. The largest absolute Gasteiger partial charge is 0.382 e. The molecule has 0 amide bonds. The maximum absolute atomic E-state index is 14.6. The highest BCUT2D eigenvalue weighted by Gasteiger charge is 2.21. The average molecular weight is 496 g/mol. The summed E-state index contributed by atoms with van der Waals surface area (Å²) >= 11 is 0. The SMILES string of the molecule is CC(Nc1ncnc(N)c1C#Cc1cnccn1)c1nc2cccc(F)c2c(=O)n1-c1cccc(F)c1. The molecular weight excluding hydrogens is 478 g/mol. The van der Waals surface area contributed by atoms with E-state index in [2.05, 4.69) is 42.1 Å². The van der Waals surface area contributed by atoms with E-state index in [0.29, 0.717) is 11.3 Å². The molecule has 0 aliphatic heterocycles. The second-order valence-corrected chi connectivity index (χ2v) is 7.91. The van der Waals surface area contributed by atoms with E-state index in [4.69, 9.17) is 5.73 Å². The first-order valence-electron chi connectivity index (χ1n) is 11.0. The minimum absolute atomic E-state index is 0.122. The van der Waals surface area contributed by atoms with Crippen LogP contribution < -0.4 is 16.6 Å². The molecule has 3 N–H and O–H groups in total. The third kappa shape index (κ3) is 4.68. The normalized spacial score (nSPS) is 11.5. The molecule has 182 valence electrons. The number of fused-ring (bicyclic) bond motifs is 1. The molecule has 37 heavy (non-hydrogen) atoms. The molecule has 1 atom stereocenters. The summed E-state index contributed by atoms with van der Waals surface area (Å²) in [4.78, 5) is 34.4. The Labute approximate surface area is 209 Å². The second kappa shape index (κ2) is 9.79. The Bertz CT molecular complexity index is 1750. The smallest absolute Gasteiger partial charge is 0.269 e. The van der Waals surface area contributed by atoms with Crippen molar-refractivity contribution in [3.63, 3.8) is 0 Å². The molecule has 5 aromatic rings. The summed E-state index contributed by atoms with van der Waals surface area (Å²) in [6.45, 7) is 1.72. The highest BCUT2D eigenvalue weighted by Crippen LogP contribution is 2.25. The van der Waals surface area contributed by atoms with Gasteiger partial charge in [-0.1, -0.05) is 18.1 Å². The van der Waals surface area contributed by atoms with E-state index in [0.717, 1.165) is 0 Å². The van der Waals surface area contributed by atoms with Crippen molar-refractivity contribution in [2.24, 2.45) is 0 Å². The van der Waals surface area contributed by atoms with Gasteiger partial charge in [0, 0.05) is 12.4 Å². The van der Waals surface area contributed by atoms with Crippen LogP contribution in [0.15, 0.2) is 72.2 Å². The highest BCUT2D eigenvalue weighted by atomic mass is 19.1. The number of benzene rings is 2. The molecule has 0 bridgehead atoms. The van der Waals surface area contributed by atoms with Crippen LogP contribution in [-0.4, -0.2) is 29.5 Å². The molecule has 0 spiro atoms. The number of nitrogens with zero attached hydrogens (tertiary/aromatic N) is 6. The maximum atomic E-state index is 14.6. The zero-order valence-corrected chi connectivity index (χ0v) is 19.4. The lowest BCUT2D eigenvalue weighted by Crippen LogP contribution is -2.28. The van der Waals surface area contributed by atoms with Crippen molar-refractivity contribution in [1.29, 1.82) is 0 Å². The van der Waals surface area contributed by atoms with Crippen molar-refractivity contribution in [3.8, 4) is 17.5 Å². The summed E-state index contributed by atoms with van der Waals surface area (Å²) in [6.07, 6.45) is 5.80. The van der Waals surface area contributed by atoms with Gasteiger partial charge in [0.05, 0.1) is 23.4 Å². The topological polar surface area (TPSA) is 124 Å². The Morgan fingerprint density at radius 3 is 2.68 bits per heavy atom. The molecule has 5 rings (SSSR count). The predicted octanol–water partition coefficient (Wildman–Crippen LogP) is 3.40. The zero-order valence-electron chi connectivity index (χ0n) is 19.4. The van der Waals surface area contributed by atoms with E-state index in [-0.39, 0.29) is 34.1 Å². The number of hydrogen-bond acceptors (Lipinski definition) is 8. The minimum Gasteiger partial charge on any atom is -0.382 e. The fraction of sp³-hybridized carbons (Fsp3) is 0.0769. The number of nitrogen functional groups attached to an aromatic ring is 1.